The number of amides is 2. The molecule has 8 nitrogen and oxygen atoms in total. The van der Waals surface area contributed by atoms with Gasteiger partial charge in [-0.05, 0) is 61.9 Å². The summed E-state index contributed by atoms with van der Waals surface area (Å²) >= 11 is 6.08. The van der Waals surface area contributed by atoms with Crippen molar-refractivity contribution in [3.05, 3.63) is 83.4 Å². The number of para-hydroxylation sites is 1. The van der Waals surface area contributed by atoms with Crippen LogP contribution in [0.4, 0.5) is 11.4 Å². The predicted octanol–water partition coefficient (Wildman–Crippen LogP) is 5.63. The van der Waals surface area contributed by atoms with E-state index < -0.39 is 18.5 Å². The summed E-state index contributed by atoms with van der Waals surface area (Å²) in [6.07, 6.45) is 0.364. The van der Waals surface area contributed by atoms with Crippen LogP contribution >= 0.6 is 11.6 Å². The lowest BCUT2D eigenvalue weighted by atomic mass is 10.1. The fourth-order valence-corrected chi connectivity index (χ4v) is 3.28. The first-order chi connectivity index (χ1) is 17.3. The number of hydrogen-bond donors (Lipinski definition) is 2. The number of anilines is 2. The number of Topliss-reactive ketones (excluding diaryl/α,β-unsaturated/α-hetero) is 1. The van der Waals surface area contributed by atoms with E-state index in [2.05, 4.69) is 10.6 Å². The third-order valence-corrected chi connectivity index (χ3v) is 5.22. The fourth-order valence-electron chi connectivity index (χ4n) is 3.11. The van der Waals surface area contributed by atoms with E-state index in [1.165, 1.54) is 6.92 Å². The van der Waals surface area contributed by atoms with Crippen molar-refractivity contribution in [1.29, 1.82) is 0 Å². The highest BCUT2D eigenvalue weighted by Gasteiger charge is 2.11. The molecule has 9 heteroatoms. The Balaban J connectivity index is 1.34. The van der Waals surface area contributed by atoms with Crippen molar-refractivity contribution in [3.8, 4) is 11.5 Å². The molecule has 0 bridgehead atoms. The Morgan fingerprint density at radius 2 is 1.53 bits per heavy atom. The number of benzene rings is 3. The Bertz CT molecular complexity index is 1240. The molecular weight excluding hydrogens is 484 g/mol. The van der Waals surface area contributed by atoms with Crippen molar-refractivity contribution in [3.63, 3.8) is 0 Å². The van der Waals surface area contributed by atoms with Crippen molar-refractivity contribution in [2.45, 2.75) is 26.2 Å². The summed E-state index contributed by atoms with van der Waals surface area (Å²) in [5.74, 6) is -0.395. The van der Waals surface area contributed by atoms with Crippen LogP contribution in [0.1, 0.15) is 36.5 Å². The highest BCUT2D eigenvalue weighted by atomic mass is 35.5. The van der Waals surface area contributed by atoms with E-state index in [0.29, 0.717) is 33.5 Å². The molecular formula is C27H25ClN2O6. The van der Waals surface area contributed by atoms with Crippen LogP contribution in [-0.4, -0.2) is 30.2 Å². The number of esters is 1. The van der Waals surface area contributed by atoms with Crippen molar-refractivity contribution in [2.24, 2.45) is 0 Å². The summed E-state index contributed by atoms with van der Waals surface area (Å²) in [6.45, 7) is 0.968. The van der Waals surface area contributed by atoms with Crippen LogP contribution in [0.2, 0.25) is 5.02 Å². The molecule has 0 saturated carbocycles. The third-order valence-electron chi connectivity index (χ3n) is 4.90. The molecule has 2 amide bonds. The number of halogens is 1. The molecule has 0 radical (unpaired) electrons. The second-order valence-corrected chi connectivity index (χ2v) is 8.21. The minimum Gasteiger partial charge on any atom is -0.456 e. The first-order valence-corrected chi connectivity index (χ1v) is 11.6. The molecule has 36 heavy (non-hydrogen) atoms. The third kappa shape index (κ3) is 8.56. The average Bonchev–Trinajstić information content (AvgIpc) is 2.85. The number of ether oxygens (including phenoxy) is 2. The zero-order chi connectivity index (χ0) is 25.9. The van der Waals surface area contributed by atoms with Crippen molar-refractivity contribution >= 4 is 46.5 Å². The maximum Gasteiger partial charge on any atom is 0.306 e. The van der Waals surface area contributed by atoms with Crippen LogP contribution in [0.15, 0.2) is 72.8 Å². The van der Waals surface area contributed by atoms with Gasteiger partial charge in [-0.3, -0.25) is 19.2 Å². The molecule has 0 aliphatic heterocycles. The molecule has 3 rings (SSSR count). The Kier molecular flexibility index (Phi) is 9.59. The van der Waals surface area contributed by atoms with Gasteiger partial charge in [-0.1, -0.05) is 35.9 Å². The van der Waals surface area contributed by atoms with Gasteiger partial charge in [-0.15, -0.1) is 0 Å². The molecule has 3 aromatic carbocycles. The standard InChI is InChI=1S/C27H25ClN2O6/c1-18(31)19-6-4-7-21(16-19)30-26(33)17-35-27(34)11-5-10-25(32)29-20-12-14-22(15-13-20)36-24-9-3-2-8-23(24)28/h2-4,6-9,12-16H,5,10-11,17H2,1H3,(H,29,32)(H,30,33). The first-order valence-electron chi connectivity index (χ1n) is 11.2. The van der Waals surface area contributed by atoms with Gasteiger partial charge in [0.2, 0.25) is 5.91 Å². The minimum atomic E-state index is -0.587. The summed E-state index contributed by atoms with van der Waals surface area (Å²) in [5, 5.41) is 5.81. The molecule has 0 aromatic heterocycles. The largest absolute Gasteiger partial charge is 0.456 e. The summed E-state index contributed by atoms with van der Waals surface area (Å²) in [6, 6.07) is 20.4. The van der Waals surface area contributed by atoms with Crippen LogP contribution < -0.4 is 15.4 Å². The molecule has 0 spiro atoms. The Hall–Kier alpha value is -4.17. The second-order valence-electron chi connectivity index (χ2n) is 7.80. The first kappa shape index (κ1) is 26.4. The van der Waals surface area contributed by atoms with Crippen molar-refractivity contribution in [1.82, 2.24) is 0 Å². The summed E-state index contributed by atoms with van der Waals surface area (Å²) in [7, 11) is 0. The van der Waals surface area contributed by atoms with E-state index in [9.17, 15) is 19.2 Å². The van der Waals surface area contributed by atoms with Gasteiger partial charge >= 0.3 is 5.97 Å². The molecule has 2 N–H and O–H groups in total. The SMILES string of the molecule is CC(=O)c1cccc(NC(=O)COC(=O)CCCC(=O)Nc2ccc(Oc3ccccc3Cl)cc2)c1. The lowest BCUT2D eigenvalue weighted by molar-refractivity contribution is -0.147. The van der Waals surface area contributed by atoms with E-state index in [1.54, 1.807) is 60.7 Å². The minimum absolute atomic E-state index is 0.00880. The van der Waals surface area contributed by atoms with Gasteiger partial charge in [0.05, 0.1) is 5.02 Å². The Morgan fingerprint density at radius 3 is 2.25 bits per heavy atom. The summed E-state index contributed by atoms with van der Waals surface area (Å²) in [4.78, 5) is 47.4. The van der Waals surface area contributed by atoms with Crippen LogP contribution in [0, 0.1) is 0 Å². The van der Waals surface area contributed by atoms with E-state index in [1.807, 2.05) is 12.1 Å². The molecule has 0 aliphatic rings. The van der Waals surface area contributed by atoms with Crippen LogP contribution in [0.5, 0.6) is 11.5 Å². The highest BCUT2D eigenvalue weighted by molar-refractivity contribution is 6.32. The number of ketones is 1. The van der Waals surface area contributed by atoms with Crippen LogP contribution in [0.3, 0.4) is 0 Å². The zero-order valence-corrected chi connectivity index (χ0v) is 20.3. The van der Waals surface area contributed by atoms with Crippen LogP contribution in [-0.2, 0) is 19.1 Å². The molecule has 0 aliphatic carbocycles. The van der Waals surface area contributed by atoms with Gasteiger partial charge in [-0.25, -0.2) is 0 Å². The molecule has 0 saturated heterocycles. The molecule has 0 atom stereocenters. The van der Waals surface area contributed by atoms with E-state index in [4.69, 9.17) is 21.1 Å². The maximum atomic E-state index is 12.2. The average molecular weight is 509 g/mol. The zero-order valence-electron chi connectivity index (χ0n) is 19.6. The van der Waals surface area contributed by atoms with Gasteiger partial charge in [0, 0.05) is 29.8 Å². The second kappa shape index (κ2) is 13.1. The molecule has 0 fully saturated rings. The van der Waals surface area contributed by atoms with Gasteiger partial charge in [0.15, 0.2) is 12.4 Å². The van der Waals surface area contributed by atoms with Crippen molar-refractivity contribution < 1.29 is 28.7 Å². The van der Waals surface area contributed by atoms with E-state index >= 15 is 0 Å². The number of carbonyl (C=O) groups is 4. The van der Waals surface area contributed by atoms with Gasteiger partial charge < -0.3 is 20.1 Å². The summed E-state index contributed by atoms with van der Waals surface area (Å²) in [5.41, 5.74) is 1.48. The predicted molar refractivity (Wildman–Crippen MR) is 136 cm³/mol. The molecule has 3 aromatic rings. The maximum absolute atomic E-state index is 12.2. The Morgan fingerprint density at radius 1 is 0.806 bits per heavy atom. The smallest absolute Gasteiger partial charge is 0.306 e. The number of rotatable bonds is 11. The Labute approximate surface area is 213 Å². The number of nitrogens with one attached hydrogen (secondary N) is 2. The highest BCUT2D eigenvalue weighted by Crippen LogP contribution is 2.29. The van der Waals surface area contributed by atoms with Crippen LogP contribution in [0.25, 0.3) is 0 Å². The normalized spacial score (nSPS) is 10.3. The van der Waals surface area contributed by atoms with E-state index in [0.717, 1.165) is 0 Å². The molecule has 186 valence electrons. The van der Waals surface area contributed by atoms with Gasteiger partial charge in [0.1, 0.15) is 11.5 Å². The molecule has 0 unspecified atom stereocenters. The molecule has 0 heterocycles. The lowest BCUT2D eigenvalue weighted by Gasteiger charge is -2.09. The number of hydrogen-bond acceptors (Lipinski definition) is 6. The fraction of sp³-hybridized carbons (Fsp3) is 0.185. The van der Waals surface area contributed by atoms with Gasteiger partial charge in [0.25, 0.3) is 5.91 Å². The monoisotopic (exact) mass is 508 g/mol. The lowest BCUT2D eigenvalue weighted by Crippen LogP contribution is -2.21. The topological polar surface area (TPSA) is 111 Å². The quantitative estimate of drug-likeness (QED) is 0.257. The number of carbonyl (C=O) groups excluding carboxylic acids is 4. The van der Waals surface area contributed by atoms with Crippen molar-refractivity contribution in [2.75, 3.05) is 17.2 Å². The van der Waals surface area contributed by atoms with E-state index in [-0.39, 0.29) is 31.0 Å². The summed E-state index contributed by atoms with van der Waals surface area (Å²) < 4.78 is 10.7. The van der Waals surface area contributed by atoms with Gasteiger partial charge in [-0.2, -0.15) is 0 Å².